The number of aromatic nitrogens is 3. The molecule has 1 saturated carbocycles. The van der Waals surface area contributed by atoms with Crippen molar-refractivity contribution in [3.63, 3.8) is 0 Å². The second kappa shape index (κ2) is 10.6. The first-order valence-electron chi connectivity index (χ1n) is 12.0. The second-order valence-corrected chi connectivity index (χ2v) is 10.1. The van der Waals surface area contributed by atoms with Crippen LogP contribution in [0.15, 0.2) is 49.4 Å². The first-order valence-corrected chi connectivity index (χ1v) is 12.8. The van der Waals surface area contributed by atoms with Crippen LogP contribution in [0.3, 0.4) is 0 Å². The van der Waals surface area contributed by atoms with Gasteiger partial charge in [0, 0.05) is 46.6 Å². The number of hydrogen-bond acceptors (Lipinski definition) is 7. The Morgan fingerprint density at radius 2 is 1.95 bits per heavy atom. The highest BCUT2D eigenvalue weighted by atomic mass is 32.1. The number of alkyl halides is 3. The zero-order valence-electron chi connectivity index (χ0n) is 19.8. The average Bonchev–Trinajstić information content (AvgIpc) is 3.53. The number of nitrogens with one attached hydrogen (secondary N) is 1. The van der Waals surface area contributed by atoms with Gasteiger partial charge >= 0.3 is 6.18 Å². The van der Waals surface area contributed by atoms with E-state index in [-0.39, 0.29) is 11.7 Å². The van der Waals surface area contributed by atoms with Crippen molar-refractivity contribution < 1.29 is 27.4 Å². The number of halogens is 3. The lowest BCUT2D eigenvalue weighted by Crippen LogP contribution is -2.28. The summed E-state index contributed by atoms with van der Waals surface area (Å²) in [6.07, 6.45) is 4.92. The molecule has 1 aromatic carbocycles. The van der Waals surface area contributed by atoms with E-state index in [9.17, 15) is 18.0 Å². The molecule has 0 unspecified atom stereocenters. The molecule has 7 nitrogen and oxygen atoms in total. The van der Waals surface area contributed by atoms with E-state index in [1.807, 2.05) is 12.3 Å². The highest BCUT2D eigenvalue weighted by Crippen LogP contribution is 2.41. The van der Waals surface area contributed by atoms with Gasteiger partial charge in [-0.05, 0) is 37.0 Å². The smallest absolute Gasteiger partial charge is 0.451 e. The SMILES string of the molecule is C=C[C@@H](NC(=O)c1cc(O[C@H]2CCOC2)cc(-c2ncc(C3CCC3)s2)c1)c1cnc(C(F)(F)F)nc1. The molecule has 194 valence electrons. The van der Waals surface area contributed by atoms with E-state index in [2.05, 4.69) is 26.8 Å². The Kier molecular flexibility index (Phi) is 7.25. The first kappa shape index (κ1) is 25.3. The number of rotatable bonds is 8. The molecular formula is C26H25F3N4O3S. The summed E-state index contributed by atoms with van der Waals surface area (Å²) in [7, 11) is 0. The number of carbonyl (C=O) groups excluding carboxylic acids is 1. The maximum absolute atomic E-state index is 13.3. The molecule has 2 aliphatic rings. The normalized spacial score (nSPS) is 18.7. The number of hydrogen-bond donors (Lipinski definition) is 1. The lowest BCUT2D eigenvalue weighted by atomic mass is 9.85. The summed E-state index contributed by atoms with van der Waals surface area (Å²) in [6, 6.07) is 4.45. The fourth-order valence-electron chi connectivity index (χ4n) is 4.17. The number of nitrogens with zero attached hydrogens (tertiary/aromatic N) is 3. The Morgan fingerprint density at radius 1 is 1.16 bits per heavy atom. The minimum absolute atomic E-state index is 0.113. The zero-order chi connectivity index (χ0) is 26.0. The molecule has 1 aliphatic heterocycles. The van der Waals surface area contributed by atoms with E-state index in [1.165, 1.54) is 17.4 Å². The summed E-state index contributed by atoms with van der Waals surface area (Å²) in [5.74, 6) is -0.634. The summed E-state index contributed by atoms with van der Waals surface area (Å²) >= 11 is 1.61. The molecule has 5 rings (SSSR count). The molecular weight excluding hydrogens is 505 g/mol. The van der Waals surface area contributed by atoms with Crippen molar-refractivity contribution in [1.82, 2.24) is 20.3 Å². The average molecular weight is 531 g/mol. The molecule has 1 N–H and O–H groups in total. The van der Waals surface area contributed by atoms with Gasteiger partial charge in [0.05, 0.1) is 19.3 Å². The summed E-state index contributed by atoms with van der Waals surface area (Å²) in [5.41, 5.74) is 1.36. The second-order valence-electron chi connectivity index (χ2n) is 9.07. The van der Waals surface area contributed by atoms with Crippen molar-refractivity contribution in [3.05, 3.63) is 71.3 Å². The molecule has 2 aromatic heterocycles. The van der Waals surface area contributed by atoms with Crippen LogP contribution in [0.4, 0.5) is 13.2 Å². The van der Waals surface area contributed by atoms with Gasteiger partial charge in [0.15, 0.2) is 0 Å². The molecule has 3 heterocycles. The highest BCUT2D eigenvalue weighted by molar-refractivity contribution is 7.15. The lowest BCUT2D eigenvalue weighted by Gasteiger charge is -2.23. The van der Waals surface area contributed by atoms with E-state index < -0.39 is 23.9 Å². The Morgan fingerprint density at radius 3 is 2.57 bits per heavy atom. The number of ether oxygens (including phenoxy) is 2. The largest absolute Gasteiger partial charge is 0.488 e. The van der Waals surface area contributed by atoms with Crippen LogP contribution in [0.1, 0.15) is 64.3 Å². The van der Waals surface area contributed by atoms with Gasteiger partial charge in [0.2, 0.25) is 5.82 Å². The van der Waals surface area contributed by atoms with Crippen LogP contribution in [-0.4, -0.2) is 40.2 Å². The van der Waals surface area contributed by atoms with Gasteiger partial charge in [-0.1, -0.05) is 12.5 Å². The number of thiazole rings is 1. The number of carbonyl (C=O) groups is 1. The Labute approximate surface area is 215 Å². The van der Waals surface area contributed by atoms with Gasteiger partial charge in [0.1, 0.15) is 16.9 Å². The van der Waals surface area contributed by atoms with Crippen LogP contribution in [-0.2, 0) is 10.9 Å². The van der Waals surface area contributed by atoms with Crippen LogP contribution in [0.5, 0.6) is 5.75 Å². The van der Waals surface area contributed by atoms with Crippen molar-refractivity contribution in [2.45, 2.75) is 49.9 Å². The maximum atomic E-state index is 13.3. The van der Waals surface area contributed by atoms with Gasteiger partial charge in [-0.15, -0.1) is 17.9 Å². The van der Waals surface area contributed by atoms with Crippen molar-refractivity contribution >= 4 is 17.2 Å². The third-order valence-electron chi connectivity index (χ3n) is 6.44. The first-order chi connectivity index (χ1) is 17.8. The molecule has 37 heavy (non-hydrogen) atoms. The van der Waals surface area contributed by atoms with E-state index >= 15 is 0 Å². The minimum atomic E-state index is -4.65. The van der Waals surface area contributed by atoms with Crippen LogP contribution in [0.25, 0.3) is 10.6 Å². The van der Waals surface area contributed by atoms with Gasteiger partial charge in [-0.3, -0.25) is 4.79 Å². The van der Waals surface area contributed by atoms with Gasteiger partial charge < -0.3 is 14.8 Å². The summed E-state index contributed by atoms with van der Waals surface area (Å²) in [6.45, 7) is 4.79. The quantitative estimate of drug-likeness (QED) is 0.376. The molecule has 3 aromatic rings. The molecule has 1 amide bonds. The zero-order valence-corrected chi connectivity index (χ0v) is 20.6. The van der Waals surface area contributed by atoms with Crippen molar-refractivity contribution in [2.24, 2.45) is 0 Å². The molecule has 1 aliphatic carbocycles. The maximum Gasteiger partial charge on any atom is 0.451 e. The van der Waals surface area contributed by atoms with E-state index in [0.717, 1.165) is 42.2 Å². The van der Waals surface area contributed by atoms with Gasteiger partial charge in [0.25, 0.3) is 5.91 Å². The number of benzene rings is 1. The molecule has 0 spiro atoms. The van der Waals surface area contributed by atoms with Crippen LogP contribution < -0.4 is 10.1 Å². The standard InChI is InChI=1S/C26H25F3N4O3S/c1-2-21(18-11-31-25(32-12-18)26(27,28)29)33-23(34)16-8-17(10-20(9-16)36-19-6-7-35-14-19)24-30-13-22(37-24)15-4-3-5-15/h2,8-13,15,19,21H,1,3-7,14H2,(H,33,34)/t19-,21+/m0/s1. The number of amides is 1. The van der Waals surface area contributed by atoms with E-state index in [4.69, 9.17) is 9.47 Å². The van der Waals surface area contributed by atoms with Crippen molar-refractivity contribution in [3.8, 4) is 16.3 Å². The van der Waals surface area contributed by atoms with Crippen molar-refractivity contribution in [1.29, 1.82) is 0 Å². The summed E-state index contributed by atoms with van der Waals surface area (Å²) < 4.78 is 50.0. The predicted octanol–water partition coefficient (Wildman–Crippen LogP) is 5.71. The summed E-state index contributed by atoms with van der Waals surface area (Å²) in [5, 5.41) is 3.58. The molecule has 1 saturated heterocycles. The predicted molar refractivity (Wildman–Crippen MR) is 131 cm³/mol. The fraction of sp³-hybridized carbons (Fsp3) is 0.385. The fourth-order valence-corrected chi connectivity index (χ4v) is 5.24. The third-order valence-corrected chi connectivity index (χ3v) is 7.65. The van der Waals surface area contributed by atoms with E-state index in [0.29, 0.717) is 30.4 Å². The molecule has 0 radical (unpaired) electrons. The molecule has 2 fully saturated rings. The van der Waals surface area contributed by atoms with Crippen LogP contribution >= 0.6 is 11.3 Å². The summed E-state index contributed by atoms with van der Waals surface area (Å²) in [4.78, 5) is 25.9. The molecule has 0 bridgehead atoms. The van der Waals surface area contributed by atoms with E-state index in [1.54, 1.807) is 23.5 Å². The Hall–Kier alpha value is -3.31. The topological polar surface area (TPSA) is 86.2 Å². The minimum Gasteiger partial charge on any atom is -0.488 e. The van der Waals surface area contributed by atoms with Crippen molar-refractivity contribution in [2.75, 3.05) is 13.2 Å². The third kappa shape index (κ3) is 5.83. The molecule has 2 atom stereocenters. The Bertz CT molecular complexity index is 1270. The van der Waals surface area contributed by atoms with Gasteiger partial charge in [-0.25, -0.2) is 15.0 Å². The van der Waals surface area contributed by atoms with Gasteiger partial charge in [-0.2, -0.15) is 13.2 Å². The molecule has 11 heteroatoms. The lowest BCUT2D eigenvalue weighted by molar-refractivity contribution is -0.145. The van der Waals surface area contributed by atoms with Crippen LogP contribution in [0, 0.1) is 0 Å². The monoisotopic (exact) mass is 530 g/mol. The highest BCUT2D eigenvalue weighted by Gasteiger charge is 2.34. The Balaban J connectivity index is 1.40. The van der Waals surface area contributed by atoms with Crippen LogP contribution in [0.2, 0.25) is 0 Å².